The second kappa shape index (κ2) is 8.19. The molecule has 168 valence electrons. The number of nitrogens with zero attached hydrogens (tertiary/aromatic N) is 2. The van der Waals surface area contributed by atoms with E-state index in [9.17, 15) is 22.8 Å². The number of furan rings is 1. The maximum Gasteiger partial charge on any atom is 0.420 e. The molecule has 0 atom stereocenters. The van der Waals surface area contributed by atoms with Crippen molar-refractivity contribution in [3.05, 3.63) is 53.6 Å². The summed E-state index contributed by atoms with van der Waals surface area (Å²) in [5.41, 5.74) is -0.279. The molecule has 0 radical (unpaired) electrons. The van der Waals surface area contributed by atoms with Crippen LogP contribution in [0.3, 0.4) is 0 Å². The normalized spacial score (nSPS) is 14.6. The van der Waals surface area contributed by atoms with Crippen molar-refractivity contribution in [2.45, 2.75) is 6.18 Å². The molecule has 2 aromatic carbocycles. The zero-order valence-corrected chi connectivity index (χ0v) is 17.0. The van der Waals surface area contributed by atoms with Crippen molar-refractivity contribution < 1.29 is 37.0 Å². The Hall–Kier alpha value is -3.53. The number of hydrogen-bond donors (Lipinski definition) is 1. The largest absolute Gasteiger partial charge is 0.465 e. The minimum Gasteiger partial charge on any atom is -0.465 e. The number of alkyl halides is 3. The minimum atomic E-state index is -4.71. The van der Waals surface area contributed by atoms with Crippen LogP contribution in [0.25, 0.3) is 22.1 Å². The molecule has 4 rings (SSSR count). The lowest BCUT2D eigenvalue weighted by molar-refractivity contribution is -0.136. The maximum absolute atomic E-state index is 13.7. The van der Waals surface area contributed by atoms with E-state index in [0.717, 1.165) is 6.07 Å². The molecule has 0 saturated carbocycles. The number of anilines is 1. The second-order valence-corrected chi connectivity index (χ2v) is 7.35. The average Bonchev–Trinajstić information content (AvgIpc) is 3.21. The number of hydrogen-bond acceptors (Lipinski definition) is 4. The summed E-state index contributed by atoms with van der Waals surface area (Å²) in [6, 6.07) is 10.0. The number of carbonyl (C=O) groups excluding carboxylic acids is 1. The van der Waals surface area contributed by atoms with Crippen LogP contribution in [0.4, 0.5) is 23.8 Å². The van der Waals surface area contributed by atoms with Gasteiger partial charge in [0.1, 0.15) is 5.58 Å². The molecule has 3 aromatic rings. The zero-order chi connectivity index (χ0) is 23.0. The third-order valence-corrected chi connectivity index (χ3v) is 5.29. The summed E-state index contributed by atoms with van der Waals surface area (Å²) in [7, 11) is 1.18. The number of ether oxygens (including phenoxy) is 1. The van der Waals surface area contributed by atoms with Gasteiger partial charge in [0.25, 0.3) is 5.91 Å². The van der Waals surface area contributed by atoms with Crippen molar-refractivity contribution >= 4 is 28.9 Å². The Balaban J connectivity index is 1.72. The van der Waals surface area contributed by atoms with E-state index in [1.165, 1.54) is 19.2 Å². The number of halogens is 3. The van der Waals surface area contributed by atoms with E-state index >= 15 is 0 Å². The number of amides is 2. The molecule has 0 spiro atoms. The molecule has 1 aromatic heterocycles. The van der Waals surface area contributed by atoms with E-state index in [1.807, 2.05) is 0 Å². The van der Waals surface area contributed by atoms with Gasteiger partial charge < -0.3 is 19.2 Å². The monoisotopic (exact) mass is 448 g/mol. The molecule has 1 aliphatic rings. The van der Waals surface area contributed by atoms with E-state index in [1.54, 1.807) is 29.2 Å². The van der Waals surface area contributed by atoms with Gasteiger partial charge in [-0.1, -0.05) is 12.1 Å². The highest BCUT2D eigenvalue weighted by molar-refractivity contribution is 5.96. The summed E-state index contributed by atoms with van der Waals surface area (Å²) >= 11 is 0. The summed E-state index contributed by atoms with van der Waals surface area (Å²) in [4.78, 5) is 26.1. The minimum absolute atomic E-state index is 0.117. The standard InChI is InChI=1S/C22H19F3N2O5/c1-26(21(29)30)18-12-16-10-15(11-17(19(16)32-18)22(23,24)25)13-2-4-14(5-3-13)20(28)27-6-8-31-9-7-27/h2-5,10-12H,6-9H2,1H3,(H,29,30). The fourth-order valence-corrected chi connectivity index (χ4v) is 3.53. The Labute approximate surface area is 180 Å². The first kappa shape index (κ1) is 21.7. The van der Waals surface area contributed by atoms with Crippen LogP contribution in [0.15, 0.2) is 46.9 Å². The van der Waals surface area contributed by atoms with Crippen molar-refractivity contribution in [1.29, 1.82) is 0 Å². The molecule has 1 aliphatic heterocycles. The number of morpholine rings is 1. The lowest BCUT2D eigenvalue weighted by Crippen LogP contribution is -2.40. The fourth-order valence-electron chi connectivity index (χ4n) is 3.53. The van der Waals surface area contributed by atoms with Gasteiger partial charge in [-0.3, -0.25) is 9.69 Å². The summed E-state index contributed by atoms with van der Waals surface area (Å²) in [6.45, 7) is 1.90. The smallest absolute Gasteiger partial charge is 0.420 e. The van der Waals surface area contributed by atoms with Crippen molar-refractivity contribution in [1.82, 2.24) is 4.90 Å². The van der Waals surface area contributed by atoms with Crippen LogP contribution in [0.5, 0.6) is 0 Å². The molecule has 0 aliphatic carbocycles. The van der Waals surface area contributed by atoms with Crippen LogP contribution < -0.4 is 4.90 Å². The maximum atomic E-state index is 13.7. The topological polar surface area (TPSA) is 83.2 Å². The SMILES string of the molecule is CN(C(=O)O)c1cc2cc(-c3ccc(C(=O)N4CCOCC4)cc3)cc(C(F)(F)F)c2o1. The Morgan fingerprint density at radius 3 is 2.28 bits per heavy atom. The first-order chi connectivity index (χ1) is 15.1. The molecular weight excluding hydrogens is 429 g/mol. The third-order valence-electron chi connectivity index (χ3n) is 5.29. The first-order valence-corrected chi connectivity index (χ1v) is 9.74. The van der Waals surface area contributed by atoms with E-state index in [-0.39, 0.29) is 22.7 Å². The van der Waals surface area contributed by atoms with Gasteiger partial charge in [-0.05, 0) is 35.4 Å². The molecule has 2 amide bonds. The van der Waals surface area contributed by atoms with Crippen LogP contribution in [0.2, 0.25) is 0 Å². The van der Waals surface area contributed by atoms with Crippen molar-refractivity contribution in [3.8, 4) is 11.1 Å². The number of carboxylic acid groups (broad SMARTS) is 1. The summed E-state index contributed by atoms with van der Waals surface area (Å²) in [5.74, 6) is -0.385. The molecule has 7 nitrogen and oxygen atoms in total. The summed E-state index contributed by atoms with van der Waals surface area (Å²) in [6.07, 6.45) is -6.07. The van der Waals surface area contributed by atoms with Crippen LogP contribution in [-0.2, 0) is 10.9 Å². The van der Waals surface area contributed by atoms with Crippen LogP contribution in [0, 0.1) is 0 Å². The van der Waals surface area contributed by atoms with Crippen LogP contribution in [0.1, 0.15) is 15.9 Å². The lowest BCUT2D eigenvalue weighted by Gasteiger charge is -2.26. The Morgan fingerprint density at radius 2 is 1.69 bits per heavy atom. The van der Waals surface area contributed by atoms with Gasteiger partial charge in [0, 0.05) is 37.2 Å². The molecule has 32 heavy (non-hydrogen) atoms. The zero-order valence-electron chi connectivity index (χ0n) is 17.0. The van der Waals surface area contributed by atoms with Crippen molar-refractivity contribution in [2.75, 3.05) is 38.3 Å². The highest BCUT2D eigenvalue weighted by atomic mass is 19.4. The molecule has 1 N–H and O–H groups in total. The van der Waals surface area contributed by atoms with Gasteiger partial charge in [0.05, 0.1) is 18.8 Å². The van der Waals surface area contributed by atoms with Crippen molar-refractivity contribution in [3.63, 3.8) is 0 Å². The van der Waals surface area contributed by atoms with Gasteiger partial charge in [-0.15, -0.1) is 0 Å². The Bertz CT molecular complexity index is 1160. The predicted molar refractivity (Wildman–Crippen MR) is 110 cm³/mol. The predicted octanol–water partition coefficient (Wildman–Crippen LogP) is 4.71. The first-order valence-electron chi connectivity index (χ1n) is 9.74. The Morgan fingerprint density at radius 1 is 1.03 bits per heavy atom. The van der Waals surface area contributed by atoms with Crippen LogP contribution >= 0.6 is 0 Å². The van der Waals surface area contributed by atoms with Crippen LogP contribution in [-0.4, -0.2) is 55.4 Å². The molecule has 1 saturated heterocycles. The second-order valence-electron chi connectivity index (χ2n) is 7.35. The molecule has 0 bridgehead atoms. The van der Waals surface area contributed by atoms with Crippen molar-refractivity contribution in [2.24, 2.45) is 0 Å². The van der Waals surface area contributed by atoms with Gasteiger partial charge in [0.2, 0.25) is 5.88 Å². The highest BCUT2D eigenvalue weighted by Crippen LogP contribution is 2.40. The molecule has 2 heterocycles. The number of carbonyl (C=O) groups is 2. The summed E-state index contributed by atoms with van der Waals surface area (Å²) < 4.78 is 51.6. The number of benzene rings is 2. The quantitative estimate of drug-likeness (QED) is 0.628. The molecular formula is C22H19F3N2O5. The number of rotatable bonds is 3. The van der Waals surface area contributed by atoms with E-state index < -0.39 is 23.4 Å². The van der Waals surface area contributed by atoms with E-state index in [0.29, 0.717) is 42.3 Å². The van der Waals surface area contributed by atoms with Gasteiger partial charge in [-0.2, -0.15) is 13.2 Å². The van der Waals surface area contributed by atoms with Gasteiger partial charge in [-0.25, -0.2) is 4.79 Å². The molecule has 0 unspecified atom stereocenters. The third kappa shape index (κ3) is 4.13. The Kier molecular flexibility index (Phi) is 5.55. The van der Waals surface area contributed by atoms with E-state index in [4.69, 9.17) is 14.3 Å². The lowest BCUT2D eigenvalue weighted by atomic mass is 9.99. The van der Waals surface area contributed by atoms with E-state index in [2.05, 4.69) is 0 Å². The number of fused-ring (bicyclic) bond motifs is 1. The average molecular weight is 448 g/mol. The fraction of sp³-hybridized carbons (Fsp3) is 0.273. The molecule has 10 heteroatoms. The highest BCUT2D eigenvalue weighted by Gasteiger charge is 2.35. The molecule has 1 fully saturated rings. The summed E-state index contributed by atoms with van der Waals surface area (Å²) in [5, 5.41) is 9.21. The van der Waals surface area contributed by atoms with Gasteiger partial charge in [0.15, 0.2) is 0 Å². The van der Waals surface area contributed by atoms with Gasteiger partial charge >= 0.3 is 12.3 Å².